The third-order valence-electron chi connectivity index (χ3n) is 2.90. The third kappa shape index (κ3) is 2.44. The van der Waals surface area contributed by atoms with Crippen molar-refractivity contribution in [2.75, 3.05) is 0 Å². The molecule has 0 amide bonds. The molecule has 3 aromatic rings. The van der Waals surface area contributed by atoms with Crippen LogP contribution in [-0.4, -0.2) is 19.5 Å². The predicted molar refractivity (Wildman–Crippen MR) is 80.1 cm³/mol. The highest BCUT2D eigenvalue weighted by atomic mass is 35.5. The average molecular weight is 307 g/mol. The number of thioether (sulfide) groups is 1. The summed E-state index contributed by atoms with van der Waals surface area (Å²) in [6.07, 6.45) is 1.39. The highest BCUT2D eigenvalue weighted by molar-refractivity contribution is 7.98. The number of aromatic nitrogens is 4. The van der Waals surface area contributed by atoms with Crippen molar-refractivity contribution in [3.63, 3.8) is 0 Å². The second kappa shape index (κ2) is 5.30. The van der Waals surface area contributed by atoms with Gasteiger partial charge in [0.15, 0.2) is 16.3 Å². The Labute approximate surface area is 124 Å². The molecule has 5 nitrogen and oxygen atoms in total. The Morgan fingerprint density at radius 2 is 2.10 bits per heavy atom. The van der Waals surface area contributed by atoms with E-state index in [9.17, 15) is 4.79 Å². The largest absolute Gasteiger partial charge is 0.311 e. The fraction of sp³-hybridized carbons (Fsp3) is 0.154. The van der Waals surface area contributed by atoms with Crippen LogP contribution < -0.4 is 5.56 Å². The Morgan fingerprint density at radius 1 is 1.35 bits per heavy atom. The van der Waals surface area contributed by atoms with Crippen molar-refractivity contribution in [3.8, 4) is 0 Å². The van der Waals surface area contributed by atoms with Crippen LogP contribution in [0.3, 0.4) is 0 Å². The minimum Gasteiger partial charge on any atom is -0.311 e. The molecule has 0 spiro atoms. The lowest BCUT2D eigenvalue weighted by Crippen LogP contribution is -2.06. The SMILES string of the molecule is Cn1c(SCc2ccc(Cl)cc2)nc2c(=O)[nH]cnc21. The number of benzene rings is 1. The molecule has 0 aliphatic heterocycles. The van der Waals surface area contributed by atoms with Crippen molar-refractivity contribution in [1.82, 2.24) is 19.5 Å². The highest BCUT2D eigenvalue weighted by Gasteiger charge is 2.11. The van der Waals surface area contributed by atoms with Gasteiger partial charge in [-0.2, -0.15) is 0 Å². The van der Waals surface area contributed by atoms with E-state index < -0.39 is 0 Å². The maximum absolute atomic E-state index is 11.7. The number of fused-ring (bicyclic) bond motifs is 1. The average Bonchev–Trinajstić information content (AvgIpc) is 2.77. The third-order valence-corrected chi connectivity index (χ3v) is 4.26. The van der Waals surface area contributed by atoms with Crippen LogP contribution in [0.4, 0.5) is 0 Å². The zero-order chi connectivity index (χ0) is 14.1. The molecular formula is C13H11ClN4OS. The number of rotatable bonds is 3. The lowest BCUT2D eigenvalue weighted by Gasteiger charge is -2.02. The number of H-pyrrole nitrogens is 1. The predicted octanol–water partition coefficient (Wildman–Crippen LogP) is 2.60. The van der Waals surface area contributed by atoms with Gasteiger partial charge in [0.2, 0.25) is 0 Å². The molecule has 20 heavy (non-hydrogen) atoms. The molecule has 0 radical (unpaired) electrons. The molecule has 0 bridgehead atoms. The maximum Gasteiger partial charge on any atom is 0.278 e. The van der Waals surface area contributed by atoms with Crippen LogP contribution in [0.5, 0.6) is 0 Å². The first kappa shape index (κ1) is 13.2. The van der Waals surface area contributed by atoms with Gasteiger partial charge in [0, 0.05) is 17.8 Å². The Kier molecular flexibility index (Phi) is 3.50. The van der Waals surface area contributed by atoms with Gasteiger partial charge in [-0.3, -0.25) is 4.79 Å². The summed E-state index contributed by atoms with van der Waals surface area (Å²) in [5, 5.41) is 1.48. The van der Waals surface area contributed by atoms with Crippen LogP contribution in [0.25, 0.3) is 11.2 Å². The number of halogens is 1. The summed E-state index contributed by atoms with van der Waals surface area (Å²) >= 11 is 7.41. The van der Waals surface area contributed by atoms with Crippen molar-refractivity contribution >= 4 is 34.5 Å². The van der Waals surface area contributed by atoms with Gasteiger partial charge in [-0.1, -0.05) is 35.5 Å². The van der Waals surface area contributed by atoms with Gasteiger partial charge < -0.3 is 9.55 Å². The Balaban J connectivity index is 1.88. The molecular weight excluding hydrogens is 296 g/mol. The standard InChI is InChI=1S/C13H11ClN4OS/c1-18-11-10(12(19)16-7-15-11)17-13(18)20-6-8-2-4-9(14)5-3-8/h2-5,7H,6H2,1H3,(H,15,16,19). The number of nitrogens with one attached hydrogen (secondary N) is 1. The molecule has 1 N–H and O–H groups in total. The van der Waals surface area contributed by atoms with Gasteiger partial charge in [0.1, 0.15) is 0 Å². The summed E-state index contributed by atoms with van der Waals surface area (Å²) < 4.78 is 1.82. The zero-order valence-electron chi connectivity index (χ0n) is 10.6. The van der Waals surface area contributed by atoms with Crippen LogP contribution in [0.2, 0.25) is 5.02 Å². The second-order valence-corrected chi connectivity index (χ2v) is 5.65. The fourth-order valence-corrected chi connectivity index (χ4v) is 2.90. The number of hydrogen-bond donors (Lipinski definition) is 1. The van der Waals surface area contributed by atoms with Gasteiger partial charge in [-0.25, -0.2) is 9.97 Å². The number of imidazole rings is 1. The van der Waals surface area contributed by atoms with Gasteiger partial charge in [0.05, 0.1) is 6.33 Å². The van der Waals surface area contributed by atoms with E-state index in [4.69, 9.17) is 11.6 Å². The topological polar surface area (TPSA) is 63.6 Å². The first-order chi connectivity index (χ1) is 9.65. The van der Waals surface area contributed by atoms with Gasteiger partial charge >= 0.3 is 0 Å². The molecule has 2 heterocycles. The van der Waals surface area contributed by atoms with Crippen molar-refractivity contribution in [2.24, 2.45) is 7.05 Å². The summed E-state index contributed by atoms with van der Waals surface area (Å²) in [5.74, 6) is 0.756. The highest BCUT2D eigenvalue weighted by Crippen LogP contribution is 2.24. The van der Waals surface area contributed by atoms with E-state index in [-0.39, 0.29) is 5.56 Å². The Hall–Kier alpha value is -1.79. The first-order valence-electron chi connectivity index (χ1n) is 5.92. The summed E-state index contributed by atoms with van der Waals surface area (Å²) in [7, 11) is 1.85. The minimum atomic E-state index is -0.219. The maximum atomic E-state index is 11.7. The first-order valence-corrected chi connectivity index (χ1v) is 7.29. The molecule has 0 fully saturated rings. The summed E-state index contributed by atoms with van der Waals surface area (Å²) in [4.78, 5) is 22.7. The number of aryl methyl sites for hydroxylation is 1. The molecule has 0 saturated carbocycles. The van der Waals surface area contributed by atoms with Gasteiger partial charge in [-0.05, 0) is 17.7 Å². The Morgan fingerprint density at radius 3 is 2.80 bits per heavy atom. The summed E-state index contributed by atoms with van der Waals surface area (Å²) in [5.41, 5.74) is 1.89. The molecule has 0 saturated heterocycles. The second-order valence-electron chi connectivity index (χ2n) is 4.27. The van der Waals surface area contributed by atoms with Crippen LogP contribution in [0.1, 0.15) is 5.56 Å². The summed E-state index contributed by atoms with van der Waals surface area (Å²) in [6, 6.07) is 7.67. The fourth-order valence-electron chi connectivity index (χ4n) is 1.85. The smallest absolute Gasteiger partial charge is 0.278 e. The lowest BCUT2D eigenvalue weighted by atomic mass is 10.2. The van der Waals surface area contributed by atoms with Gasteiger partial charge in [0.25, 0.3) is 5.56 Å². The number of aromatic amines is 1. The Bertz CT molecular complexity index is 809. The van der Waals surface area contributed by atoms with E-state index >= 15 is 0 Å². The van der Waals surface area contributed by atoms with Crippen LogP contribution in [0, 0.1) is 0 Å². The monoisotopic (exact) mass is 306 g/mol. The molecule has 2 aromatic heterocycles. The molecule has 1 aromatic carbocycles. The van der Waals surface area contributed by atoms with Crippen LogP contribution >= 0.6 is 23.4 Å². The minimum absolute atomic E-state index is 0.219. The van der Waals surface area contributed by atoms with Crippen LogP contribution in [-0.2, 0) is 12.8 Å². The zero-order valence-corrected chi connectivity index (χ0v) is 12.2. The number of hydrogen-bond acceptors (Lipinski definition) is 4. The molecule has 7 heteroatoms. The van der Waals surface area contributed by atoms with Gasteiger partial charge in [-0.15, -0.1) is 0 Å². The molecule has 0 aliphatic carbocycles. The van der Waals surface area contributed by atoms with E-state index in [0.29, 0.717) is 11.2 Å². The van der Waals surface area contributed by atoms with Crippen molar-refractivity contribution < 1.29 is 0 Å². The molecule has 0 unspecified atom stereocenters. The van der Waals surface area contributed by atoms with E-state index in [2.05, 4.69) is 15.0 Å². The van der Waals surface area contributed by atoms with Crippen molar-refractivity contribution in [1.29, 1.82) is 0 Å². The van der Waals surface area contributed by atoms with E-state index in [1.54, 1.807) is 11.8 Å². The normalized spacial score (nSPS) is 11.1. The van der Waals surface area contributed by atoms with Crippen LogP contribution in [0.15, 0.2) is 40.5 Å². The summed E-state index contributed by atoms with van der Waals surface area (Å²) in [6.45, 7) is 0. The molecule has 0 aliphatic rings. The molecule has 102 valence electrons. The quantitative estimate of drug-likeness (QED) is 0.756. The van der Waals surface area contributed by atoms with E-state index in [1.807, 2.05) is 35.9 Å². The van der Waals surface area contributed by atoms with Crippen molar-refractivity contribution in [3.05, 3.63) is 51.5 Å². The van der Waals surface area contributed by atoms with Crippen molar-refractivity contribution in [2.45, 2.75) is 10.9 Å². The lowest BCUT2D eigenvalue weighted by molar-refractivity contribution is 0.805. The molecule has 3 rings (SSSR count). The molecule has 0 atom stereocenters. The number of nitrogens with zero attached hydrogens (tertiary/aromatic N) is 3. The van der Waals surface area contributed by atoms with E-state index in [0.717, 1.165) is 21.5 Å². The van der Waals surface area contributed by atoms with E-state index in [1.165, 1.54) is 6.33 Å².